The van der Waals surface area contributed by atoms with Crippen LogP contribution >= 0.6 is 0 Å². The second-order valence-corrected chi connectivity index (χ2v) is 3.23. The zero-order chi connectivity index (χ0) is 12.4. The van der Waals surface area contributed by atoms with Crippen molar-refractivity contribution >= 4 is 0 Å². The summed E-state index contributed by atoms with van der Waals surface area (Å²) in [6.07, 6.45) is 6.11. The van der Waals surface area contributed by atoms with Gasteiger partial charge in [-0.2, -0.15) is 0 Å². The topological polar surface area (TPSA) is 60.7 Å². The number of hydrogen-bond donors (Lipinski definition) is 3. The van der Waals surface area contributed by atoms with Crippen molar-refractivity contribution < 1.29 is 53.6 Å². The first-order valence-electron chi connectivity index (χ1n) is 6.07. The molecule has 0 fully saturated rings. The summed E-state index contributed by atoms with van der Waals surface area (Å²) in [5.74, 6) is 0. The van der Waals surface area contributed by atoms with Gasteiger partial charge in [-0.1, -0.05) is 40.0 Å². The molecule has 0 aromatic heterocycles. The van der Waals surface area contributed by atoms with E-state index < -0.39 is 0 Å². The Labute approximate surface area is 132 Å². The molecule has 108 valence electrons. The van der Waals surface area contributed by atoms with Crippen molar-refractivity contribution in [2.45, 2.75) is 59.3 Å². The maximum atomic E-state index is 8.07. The third kappa shape index (κ3) is 77.8. The van der Waals surface area contributed by atoms with Crippen LogP contribution < -0.4 is 12.4 Å². The summed E-state index contributed by atoms with van der Waals surface area (Å²) in [5.41, 5.74) is 0. The van der Waals surface area contributed by atoms with E-state index in [0.29, 0.717) is 19.8 Å². The molecule has 0 spiro atoms. The average molecular weight is 436 g/mol. The maximum absolute atomic E-state index is 8.07. The summed E-state index contributed by atoms with van der Waals surface area (Å²) in [4.78, 5) is 0. The van der Waals surface area contributed by atoms with Crippen molar-refractivity contribution in [2.24, 2.45) is 0 Å². The van der Waals surface area contributed by atoms with E-state index in [1.165, 1.54) is 0 Å². The van der Waals surface area contributed by atoms with E-state index >= 15 is 0 Å². The first kappa shape index (κ1) is 30.8. The standard InChI is InChI=1S/3C4H10O.ClH.Hf/c3*1-2-3-4-5;;/h3*5H,2-4H2,1H3;1H;/p-1. The second-order valence-electron chi connectivity index (χ2n) is 3.23. The number of aliphatic hydroxyl groups excluding tert-OH is 3. The molecule has 0 saturated heterocycles. The van der Waals surface area contributed by atoms with Gasteiger partial charge in [0, 0.05) is 45.7 Å². The van der Waals surface area contributed by atoms with Gasteiger partial charge in [-0.05, 0) is 19.3 Å². The quantitative estimate of drug-likeness (QED) is 0.485. The molecule has 0 bridgehead atoms. The molecule has 0 radical (unpaired) electrons. The molecule has 3 N–H and O–H groups in total. The first-order chi connectivity index (χ1) is 7.24. The minimum atomic E-state index is 0. The van der Waals surface area contributed by atoms with Gasteiger partial charge < -0.3 is 27.7 Å². The Hall–Kier alpha value is 1.04. The molecule has 0 saturated carbocycles. The molecule has 0 amide bonds. The summed E-state index contributed by atoms with van der Waals surface area (Å²) < 4.78 is 0. The van der Waals surface area contributed by atoms with Crippen LogP contribution in [0.5, 0.6) is 0 Å². The van der Waals surface area contributed by atoms with Crippen LogP contribution in [-0.2, 0) is 25.8 Å². The van der Waals surface area contributed by atoms with Crippen molar-refractivity contribution in [3.05, 3.63) is 0 Å². The van der Waals surface area contributed by atoms with Crippen LogP contribution in [0.25, 0.3) is 0 Å². The van der Waals surface area contributed by atoms with Gasteiger partial charge in [-0.25, -0.2) is 0 Å². The molecule has 0 aliphatic heterocycles. The monoisotopic (exact) mass is 437 g/mol. The normalized spacial score (nSPS) is 7.41. The summed E-state index contributed by atoms with van der Waals surface area (Å²) in [6.45, 7) is 7.19. The molecule has 0 rings (SSSR count). The van der Waals surface area contributed by atoms with Crippen molar-refractivity contribution in [3.8, 4) is 0 Å². The summed E-state index contributed by atoms with van der Waals surface area (Å²) in [7, 11) is 0. The maximum Gasteiger partial charge on any atom is 0.0430 e. The van der Waals surface area contributed by atoms with E-state index in [4.69, 9.17) is 15.3 Å². The van der Waals surface area contributed by atoms with Gasteiger partial charge in [0.15, 0.2) is 0 Å². The van der Waals surface area contributed by atoms with E-state index in [1.807, 2.05) is 0 Å². The van der Waals surface area contributed by atoms with E-state index in [2.05, 4.69) is 20.8 Å². The summed E-state index contributed by atoms with van der Waals surface area (Å²) >= 11 is 0. The van der Waals surface area contributed by atoms with Crippen molar-refractivity contribution in [1.82, 2.24) is 0 Å². The zero-order valence-electron chi connectivity index (χ0n) is 11.6. The van der Waals surface area contributed by atoms with Gasteiger partial charge in [-0.15, -0.1) is 0 Å². The van der Waals surface area contributed by atoms with Crippen LogP contribution in [0.2, 0.25) is 0 Å². The Bertz CT molecular complexity index is 58.5. The molecule has 0 heterocycles. The van der Waals surface area contributed by atoms with Crippen LogP contribution in [0.15, 0.2) is 0 Å². The number of halogens is 1. The SMILES string of the molecule is CCCCO.CCCCO.CCCCO.[Cl-].[Hf]. The fourth-order valence-corrected chi connectivity index (χ4v) is 0.474. The number of rotatable bonds is 6. The van der Waals surface area contributed by atoms with Gasteiger partial charge in [0.2, 0.25) is 0 Å². The molecule has 0 unspecified atom stereocenters. The van der Waals surface area contributed by atoms with Crippen LogP contribution in [-0.4, -0.2) is 35.1 Å². The molecular weight excluding hydrogens is 406 g/mol. The van der Waals surface area contributed by atoms with E-state index in [1.54, 1.807) is 0 Å². The molecular formula is C12H30ClHfO3-. The van der Waals surface area contributed by atoms with Gasteiger partial charge in [0.1, 0.15) is 0 Å². The van der Waals surface area contributed by atoms with Gasteiger partial charge >= 0.3 is 0 Å². The molecule has 3 nitrogen and oxygen atoms in total. The van der Waals surface area contributed by atoms with E-state index in [-0.39, 0.29) is 38.3 Å². The number of unbranched alkanes of at least 4 members (excludes halogenated alkanes) is 3. The van der Waals surface area contributed by atoms with E-state index in [9.17, 15) is 0 Å². The average Bonchev–Trinajstić information content (AvgIpc) is 2.23. The third-order valence-electron chi connectivity index (χ3n) is 1.54. The van der Waals surface area contributed by atoms with Crippen molar-refractivity contribution in [1.29, 1.82) is 0 Å². The molecule has 5 heteroatoms. The van der Waals surface area contributed by atoms with Crippen LogP contribution in [0.3, 0.4) is 0 Å². The number of hydrogen-bond acceptors (Lipinski definition) is 3. The molecule has 0 aromatic carbocycles. The third-order valence-corrected chi connectivity index (χ3v) is 1.54. The Morgan fingerprint density at radius 1 is 0.588 bits per heavy atom. The fraction of sp³-hybridized carbons (Fsp3) is 1.00. The molecule has 0 aliphatic rings. The Morgan fingerprint density at radius 2 is 0.765 bits per heavy atom. The molecule has 17 heavy (non-hydrogen) atoms. The van der Waals surface area contributed by atoms with Crippen molar-refractivity contribution in [2.75, 3.05) is 19.8 Å². The van der Waals surface area contributed by atoms with Crippen LogP contribution in [0.4, 0.5) is 0 Å². The zero-order valence-corrected chi connectivity index (χ0v) is 15.9. The minimum Gasteiger partial charge on any atom is -1.00 e. The smallest absolute Gasteiger partial charge is 0.0430 e. The fourth-order valence-electron chi connectivity index (χ4n) is 0.474. The molecule has 0 aromatic rings. The van der Waals surface area contributed by atoms with Gasteiger partial charge in [-0.3, -0.25) is 0 Å². The van der Waals surface area contributed by atoms with Gasteiger partial charge in [0.25, 0.3) is 0 Å². The second kappa shape index (κ2) is 43.5. The number of aliphatic hydroxyl groups is 3. The van der Waals surface area contributed by atoms with Crippen LogP contribution in [0.1, 0.15) is 59.3 Å². The predicted octanol–water partition coefficient (Wildman–Crippen LogP) is -0.662. The Balaban J connectivity index is -0.0000000400. The summed E-state index contributed by atoms with van der Waals surface area (Å²) in [6, 6.07) is 0. The molecule has 0 atom stereocenters. The Morgan fingerprint density at radius 3 is 0.765 bits per heavy atom. The Kier molecular flexibility index (Phi) is 78.8. The minimum absolute atomic E-state index is 0. The first-order valence-corrected chi connectivity index (χ1v) is 6.07. The largest absolute Gasteiger partial charge is 1.00 e. The molecule has 0 aliphatic carbocycles. The van der Waals surface area contributed by atoms with Gasteiger partial charge in [0.05, 0.1) is 0 Å². The summed E-state index contributed by atoms with van der Waals surface area (Å²) in [5, 5.41) is 24.2. The van der Waals surface area contributed by atoms with Crippen LogP contribution in [0, 0.1) is 0 Å². The predicted molar refractivity (Wildman–Crippen MR) is 66.0 cm³/mol. The van der Waals surface area contributed by atoms with E-state index in [0.717, 1.165) is 38.5 Å². The van der Waals surface area contributed by atoms with Crippen molar-refractivity contribution in [3.63, 3.8) is 0 Å².